The number of anilines is 1. The first kappa shape index (κ1) is 12.1. The van der Waals surface area contributed by atoms with E-state index in [2.05, 4.69) is 37.0 Å². The van der Waals surface area contributed by atoms with Gasteiger partial charge in [0.1, 0.15) is 0 Å². The van der Waals surface area contributed by atoms with Crippen LogP contribution in [-0.4, -0.2) is 9.38 Å². The van der Waals surface area contributed by atoms with Crippen molar-refractivity contribution in [2.24, 2.45) is 0 Å². The van der Waals surface area contributed by atoms with Crippen LogP contribution < -0.4 is 5.73 Å². The van der Waals surface area contributed by atoms with Crippen molar-refractivity contribution in [2.75, 3.05) is 5.73 Å². The van der Waals surface area contributed by atoms with Crippen molar-refractivity contribution in [2.45, 2.75) is 13.8 Å². The molecule has 2 N–H and O–H groups in total. The first-order valence-electron chi connectivity index (χ1n) is 6.06. The number of aryl methyl sites for hydroxylation is 2. The van der Waals surface area contributed by atoms with Crippen molar-refractivity contribution >= 4 is 22.9 Å². The van der Waals surface area contributed by atoms with Crippen molar-refractivity contribution in [1.29, 1.82) is 0 Å². The standard InChI is InChI=1S/C15H14ClN3/c1-9-3-4-11(7-10(9)2)13-8-19-6-5-12(16)14(17)15(19)18-13/h3-8H,17H2,1-2H3. The summed E-state index contributed by atoms with van der Waals surface area (Å²) in [5.74, 6) is 0. The fraction of sp³-hybridized carbons (Fsp3) is 0.133. The van der Waals surface area contributed by atoms with Crippen LogP contribution in [0.25, 0.3) is 16.9 Å². The van der Waals surface area contributed by atoms with E-state index < -0.39 is 0 Å². The molecule has 19 heavy (non-hydrogen) atoms. The van der Waals surface area contributed by atoms with Gasteiger partial charge in [-0.1, -0.05) is 23.7 Å². The lowest BCUT2D eigenvalue weighted by molar-refractivity contribution is 1.19. The second-order valence-electron chi connectivity index (χ2n) is 4.73. The van der Waals surface area contributed by atoms with Gasteiger partial charge in [-0.15, -0.1) is 0 Å². The Bertz CT molecular complexity index is 774. The Hall–Kier alpha value is -2.00. The minimum Gasteiger partial charge on any atom is -0.394 e. The minimum absolute atomic E-state index is 0.513. The summed E-state index contributed by atoms with van der Waals surface area (Å²) in [5, 5.41) is 0.532. The number of rotatable bonds is 1. The SMILES string of the molecule is Cc1ccc(-c2cn3ccc(Cl)c(N)c3n2)cc1C. The summed E-state index contributed by atoms with van der Waals surface area (Å²) in [6, 6.07) is 8.08. The van der Waals surface area contributed by atoms with E-state index in [4.69, 9.17) is 17.3 Å². The smallest absolute Gasteiger partial charge is 0.162 e. The first-order valence-corrected chi connectivity index (χ1v) is 6.44. The van der Waals surface area contributed by atoms with E-state index in [1.54, 1.807) is 6.07 Å². The lowest BCUT2D eigenvalue weighted by atomic mass is 10.1. The van der Waals surface area contributed by atoms with Gasteiger partial charge in [0.15, 0.2) is 5.65 Å². The molecule has 3 nitrogen and oxygen atoms in total. The minimum atomic E-state index is 0.513. The molecule has 0 radical (unpaired) electrons. The average molecular weight is 272 g/mol. The van der Waals surface area contributed by atoms with Crippen LogP contribution >= 0.6 is 11.6 Å². The normalized spacial score (nSPS) is 11.1. The zero-order valence-corrected chi connectivity index (χ0v) is 11.6. The summed E-state index contributed by atoms with van der Waals surface area (Å²) >= 11 is 6.01. The highest BCUT2D eigenvalue weighted by molar-refractivity contribution is 6.33. The topological polar surface area (TPSA) is 43.3 Å². The molecule has 0 atom stereocenters. The highest BCUT2D eigenvalue weighted by Crippen LogP contribution is 2.27. The van der Waals surface area contributed by atoms with Crippen LogP contribution in [0, 0.1) is 13.8 Å². The van der Waals surface area contributed by atoms with Gasteiger partial charge in [0.25, 0.3) is 0 Å². The van der Waals surface area contributed by atoms with Crippen LogP contribution in [0.3, 0.4) is 0 Å². The average Bonchev–Trinajstić information content (AvgIpc) is 2.82. The van der Waals surface area contributed by atoms with Crippen LogP contribution in [0.1, 0.15) is 11.1 Å². The van der Waals surface area contributed by atoms with Crippen molar-refractivity contribution in [3.05, 3.63) is 52.8 Å². The van der Waals surface area contributed by atoms with Crippen molar-refractivity contribution in [3.63, 3.8) is 0 Å². The summed E-state index contributed by atoms with van der Waals surface area (Å²) in [5.41, 5.74) is 11.7. The highest BCUT2D eigenvalue weighted by Gasteiger charge is 2.09. The van der Waals surface area contributed by atoms with Crippen LogP contribution in [0.15, 0.2) is 36.7 Å². The molecule has 1 aromatic carbocycles. The van der Waals surface area contributed by atoms with Crippen LogP contribution in [0.2, 0.25) is 5.02 Å². The number of pyridine rings is 1. The fourth-order valence-corrected chi connectivity index (χ4v) is 2.23. The Morgan fingerprint density at radius 2 is 1.95 bits per heavy atom. The monoisotopic (exact) mass is 271 g/mol. The summed E-state index contributed by atoms with van der Waals surface area (Å²) in [6.45, 7) is 4.19. The lowest BCUT2D eigenvalue weighted by Gasteiger charge is -2.01. The van der Waals surface area contributed by atoms with Crippen molar-refractivity contribution in [3.8, 4) is 11.3 Å². The third-order valence-corrected chi connectivity index (χ3v) is 3.74. The largest absolute Gasteiger partial charge is 0.394 e. The molecule has 0 aliphatic carbocycles. The second-order valence-corrected chi connectivity index (χ2v) is 5.14. The van der Waals surface area contributed by atoms with Gasteiger partial charge in [0.2, 0.25) is 0 Å². The van der Waals surface area contributed by atoms with Gasteiger partial charge in [-0.2, -0.15) is 0 Å². The molecule has 0 saturated carbocycles. The van der Waals surface area contributed by atoms with Gasteiger partial charge in [0, 0.05) is 18.0 Å². The Morgan fingerprint density at radius 3 is 2.68 bits per heavy atom. The summed E-state index contributed by atoms with van der Waals surface area (Å²) in [4.78, 5) is 4.57. The van der Waals surface area contributed by atoms with Crippen LogP contribution in [-0.2, 0) is 0 Å². The van der Waals surface area contributed by atoms with Crippen molar-refractivity contribution < 1.29 is 0 Å². The van der Waals surface area contributed by atoms with E-state index in [0.717, 1.165) is 11.3 Å². The molecule has 0 spiro atoms. The fourth-order valence-electron chi connectivity index (χ4n) is 2.09. The number of hydrogen-bond donors (Lipinski definition) is 1. The molecule has 2 aromatic heterocycles. The number of halogens is 1. The van der Waals surface area contributed by atoms with E-state index in [9.17, 15) is 0 Å². The molecule has 0 aliphatic heterocycles. The predicted octanol–water partition coefficient (Wildman–Crippen LogP) is 3.85. The molecule has 3 aromatic rings. The van der Waals surface area contributed by atoms with Gasteiger partial charge >= 0.3 is 0 Å². The summed E-state index contributed by atoms with van der Waals surface area (Å²) in [6.07, 6.45) is 3.83. The number of hydrogen-bond acceptors (Lipinski definition) is 2. The molecule has 3 rings (SSSR count). The van der Waals surface area contributed by atoms with E-state index in [1.165, 1.54) is 11.1 Å². The van der Waals surface area contributed by atoms with Crippen molar-refractivity contribution in [1.82, 2.24) is 9.38 Å². The molecule has 0 aliphatic rings. The molecule has 96 valence electrons. The Labute approximate surface area is 116 Å². The highest BCUT2D eigenvalue weighted by atomic mass is 35.5. The maximum absolute atomic E-state index is 6.01. The van der Waals surface area contributed by atoms with E-state index in [0.29, 0.717) is 16.4 Å². The summed E-state index contributed by atoms with van der Waals surface area (Å²) in [7, 11) is 0. The first-order chi connectivity index (χ1) is 9.06. The zero-order chi connectivity index (χ0) is 13.6. The van der Waals surface area contributed by atoms with E-state index >= 15 is 0 Å². The number of fused-ring (bicyclic) bond motifs is 1. The Balaban J connectivity index is 2.20. The molecule has 0 bridgehead atoms. The van der Waals surface area contributed by atoms with Crippen LogP contribution in [0.4, 0.5) is 5.69 Å². The quantitative estimate of drug-likeness (QED) is 0.730. The molecule has 0 saturated heterocycles. The maximum atomic E-state index is 6.01. The zero-order valence-electron chi connectivity index (χ0n) is 10.8. The predicted molar refractivity (Wildman–Crippen MR) is 79.5 cm³/mol. The lowest BCUT2D eigenvalue weighted by Crippen LogP contribution is -1.92. The molecule has 2 heterocycles. The Morgan fingerprint density at radius 1 is 1.16 bits per heavy atom. The van der Waals surface area contributed by atoms with Gasteiger partial charge in [-0.05, 0) is 37.1 Å². The molecule has 0 amide bonds. The molecule has 0 fully saturated rings. The Kier molecular flexibility index (Phi) is 2.72. The third-order valence-electron chi connectivity index (χ3n) is 3.41. The van der Waals surface area contributed by atoms with E-state index in [1.807, 2.05) is 16.8 Å². The molecule has 4 heteroatoms. The number of aromatic nitrogens is 2. The molecular weight excluding hydrogens is 258 g/mol. The molecular formula is C15H14ClN3. The number of benzene rings is 1. The van der Waals surface area contributed by atoms with Crippen LogP contribution in [0.5, 0.6) is 0 Å². The number of nitrogens with zero attached hydrogens (tertiary/aromatic N) is 2. The van der Waals surface area contributed by atoms with Gasteiger partial charge in [-0.3, -0.25) is 0 Å². The second kappa shape index (κ2) is 4.28. The third kappa shape index (κ3) is 1.96. The van der Waals surface area contributed by atoms with Gasteiger partial charge in [0.05, 0.1) is 16.4 Å². The van der Waals surface area contributed by atoms with E-state index in [-0.39, 0.29) is 0 Å². The summed E-state index contributed by atoms with van der Waals surface area (Å²) < 4.78 is 1.89. The number of imidazole rings is 1. The van der Waals surface area contributed by atoms with Gasteiger partial charge < -0.3 is 10.1 Å². The number of nitrogens with two attached hydrogens (primary N) is 1. The molecule has 0 unspecified atom stereocenters. The van der Waals surface area contributed by atoms with Gasteiger partial charge in [-0.25, -0.2) is 4.98 Å². The maximum Gasteiger partial charge on any atom is 0.162 e. The number of nitrogen functional groups attached to an aromatic ring is 1.